The number of para-hydroxylation sites is 1. The fraction of sp³-hybridized carbons (Fsp3) is 0.429. The quantitative estimate of drug-likeness (QED) is 0.208. The van der Waals surface area contributed by atoms with E-state index in [0.29, 0.717) is 67.5 Å². The lowest BCUT2D eigenvalue weighted by atomic mass is 9.90. The minimum Gasteiger partial charge on any atom is -0.504 e. The van der Waals surface area contributed by atoms with Gasteiger partial charge in [-0.25, -0.2) is 9.37 Å². The van der Waals surface area contributed by atoms with Crippen LogP contribution in [-0.2, 0) is 22.7 Å². The number of hydrogen-bond acceptors (Lipinski definition) is 12. The third-order valence-electron chi connectivity index (χ3n) is 12.5. The second-order valence-electron chi connectivity index (χ2n) is 16.0. The molecule has 4 aromatic rings. The molecule has 0 saturated carbocycles. The highest BCUT2D eigenvalue weighted by Gasteiger charge is 2.49. The zero-order valence-corrected chi connectivity index (χ0v) is 32.1. The van der Waals surface area contributed by atoms with E-state index in [1.807, 2.05) is 30.5 Å². The van der Waals surface area contributed by atoms with Gasteiger partial charge >= 0.3 is 0 Å². The highest BCUT2D eigenvalue weighted by atomic mass is 19.1. The molecule has 3 atom stereocenters. The number of carbonyl (C=O) groups excluding carboxylic acids is 3. The average molecular weight is 776 g/mol. The van der Waals surface area contributed by atoms with Gasteiger partial charge in [-0.15, -0.1) is 10.2 Å². The SMILES string of the molecule is CC[C@@]12CNc3nnc(-c4cccc(F)c4O)cc3N1C[C@H](Oc1cc(C)c(CN3CCN(c4ccc5c(c4)C(=O)N(C[C@H]4CCC(=O)NC4=O)C5)CC3)cn1)C2. The van der Waals surface area contributed by atoms with Gasteiger partial charge in [0.25, 0.3) is 5.91 Å². The normalized spacial score (nSPS) is 23.2. The highest BCUT2D eigenvalue weighted by Crippen LogP contribution is 2.45. The number of rotatable bonds is 9. The molecule has 7 heterocycles. The van der Waals surface area contributed by atoms with Crippen molar-refractivity contribution in [3.05, 3.63) is 82.8 Å². The van der Waals surface area contributed by atoms with E-state index in [0.717, 1.165) is 73.6 Å². The number of piperidine rings is 1. The van der Waals surface area contributed by atoms with Crippen molar-refractivity contribution in [1.29, 1.82) is 0 Å². The number of imide groups is 1. The Balaban J connectivity index is 0.805. The molecule has 0 unspecified atom stereocenters. The molecule has 3 amide bonds. The minimum atomic E-state index is -0.704. The van der Waals surface area contributed by atoms with Gasteiger partial charge in [-0.1, -0.05) is 19.1 Å². The Morgan fingerprint density at radius 1 is 1.04 bits per heavy atom. The van der Waals surface area contributed by atoms with Gasteiger partial charge in [0.2, 0.25) is 17.7 Å². The number of aromatic hydroxyl groups is 1. The maximum atomic E-state index is 14.2. The number of ether oxygens (including phenoxy) is 1. The summed E-state index contributed by atoms with van der Waals surface area (Å²) in [5, 5.41) is 24.9. The number of aromatic nitrogens is 3. The Hall–Kier alpha value is -5.83. The topological polar surface area (TPSA) is 156 Å². The molecule has 5 aliphatic heterocycles. The molecule has 9 rings (SSSR count). The number of phenols is 1. The number of phenolic OH excluding ortho intramolecular Hbond substituents is 1. The monoisotopic (exact) mass is 775 g/mol. The Bertz CT molecular complexity index is 2260. The second kappa shape index (κ2) is 14.6. The largest absolute Gasteiger partial charge is 0.504 e. The third-order valence-corrected chi connectivity index (χ3v) is 12.5. The van der Waals surface area contributed by atoms with Crippen molar-refractivity contribution >= 4 is 34.9 Å². The molecule has 15 heteroatoms. The van der Waals surface area contributed by atoms with Gasteiger partial charge in [-0.05, 0) is 66.8 Å². The van der Waals surface area contributed by atoms with Crippen LogP contribution in [0.15, 0.2) is 54.7 Å². The van der Waals surface area contributed by atoms with Gasteiger partial charge in [0.1, 0.15) is 6.10 Å². The molecule has 296 valence electrons. The molecule has 57 heavy (non-hydrogen) atoms. The second-order valence-corrected chi connectivity index (χ2v) is 16.0. The van der Waals surface area contributed by atoms with E-state index in [9.17, 15) is 23.9 Å². The third kappa shape index (κ3) is 6.87. The van der Waals surface area contributed by atoms with Gasteiger partial charge in [0.15, 0.2) is 17.4 Å². The molecule has 3 N–H and O–H groups in total. The van der Waals surface area contributed by atoms with Crippen LogP contribution in [-0.4, -0.2) is 105 Å². The molecule has 0 aliphatic carbocycles. The first kappa shape index (κ1) is 36.8. The number of fused-ring (bicyclic) bond motifs is 4. The molecule has 0 radical (unpaired) electrons. The summed E-state index contributed by atoms with van der Waals surface area (Å²) in [7, 11) is 0. The van der Waals surface area contributed by atoms with Gasteiger partial charge in [-0.2, -0.15) is 0 Å². The van der Waals surface area contributed by atoms with Crippen LogP contribution in [0, 0.1) is 18.7 Å². The number of carbonyl (C=O) groups is 3. The Labute approximate surface area is 330 Å². The smallest absolute Gasteiger partial charge is 0.254 e. The minimum absolute atomic E-state index is 0.0606. The zero-order chi connectivity index (χ0) is 39.4. The van der Waals surface area contributed by atoms with Crippen LogP contribution in [0.4, 0.5) is 21.6 Å². The number of benzene rings is 2. The van der Waals surface area contributed by atoms with Crippen LogP contribution in [0.3, 0.4) is 0 Å². The molecule has 3 saturated heterocycles. The maximum Gasteiger partial charge on any atom is 0.254 e. The molecular formula is C42H46FN9O5. The molecule has 3 fully saturated rings. The summed E-state index contributed by atoms with van der Waals surface area (Å²) in [4.78, 5) is 50.8. The molecule has 2 aromatic carbocycles. The number of nitrogens with one attached hydrogen (secondary N) is 2. The van der Waals surface area contributed by atoms with Crippen LogP contribution < -0.4 is 25.2 Å². The molecule has 0 bridgehead atoms. The van der Waals surface area contributed by atoms with Crippen LogP contribution >= 0.6 is 0 Å². The van der Waals surface area contributed by atoms with E-state index >= 15 is 0 Å². The Morgan fingerprint density at radius 2 is 1.88 bits per heavy atom. The van der Waals surface area contributed by atoms with E-state index in [2.05, 4.69) is 55.4 Å². The van der Waals surface area contributed by atoms with Crippen molar-refractivity contribution in [2.45, 2.75) is 64.3 Å². The van der Waals surface area contributed by atoms with Crippen molar-refractivity contribution in [2.24, 2.45) is 5.92 Å². The van der Waals surface area contributed by atoms with Crippen LogP contribution in [0.5, 0.6) is 11.6 Å². The highest BCUT2D eigenvalue weighted by molar-refractivity contribution is 6.01. The maximum absolute atomic E-state index is 14.2. The molecular weight excluding hydrogens is 730 g/mol. The summed E-state index contributed by atoms with van der Waals surface area (Å²) >= 11 is 0. The average Bonchev–Trinajstić information content (AvgIpc) is 3.74. The summed E-state index contributed by atoms with van der Waals surface area (Å²) < 4.78 is 20.7. The number of aryl methyl sites for hydroxylation is 1. The number of pyridine rings is 1. The summed E-state index contributed by atoms with van der Waals surface area (Å²) in [6.07, 6.45) is 4.23. The van der Waals surface area contributed by atoms with Gasteiger partial charge in [0.05, 0.1) is 29.4 Å². The lowest BCUT2D eigenvalue weighted by Gasteiger charge is -2.43. The lowest BCUT2D eigenvalue weighted by molar-refractivity contribution is -0.136. The van der Waals surface area contributed by atoms with Gasteiger partial charge in [0, 0.05) is 94.3 Å². The standard InChI is InChI=1S/C42H46FN9O5/c1-3-42-18-30(23-52(42)35-17-34(47-48-39(35)45-24-42)31-5-4-6-33(43)38(31)54)57-37-15-25(2)28(19-44-37)20-49-11-13-50(14-12-49)29-9-7-26-21-51(41(56)32(26)16-29)22-27-8-10-36(53)46-40(27)55/h4-7,9,15-17,19,27,30,54H,3,8,10-14,18,20-24H2,1-2H3,(H,45,48)(H,46,53,55)/t27-,30-,42-/m1/s1. The number of hydrogen-bond donors (Lipinski definition) is 3. The first-order valence-electron chi connectivity index (χ1n) is 19.8. The fourth-order valence-corrected chi connectivity index (χ4v) is 9.11. The molecule has 14 nitrogen and oxygen atoms in total. The van der Waals surface area contributed by atoms with Crippen LogP contribution in [0.25, 0.3) is 11.3 Å². The van der Waals surface area contributed by atoms with E-state index in [-0.39, 0.29) is 35.3 Å². The molecule has 0 spiro atoms. The van der Waals surface area contributed by atoms with Gasteiger partial charge in [-0.3, -0.25) is 24.6 Å². The van der Waals surface area contributed by atoms with E-state index in [1.54, 1.807) is 17.0 Å². The van der Waals surface area contributed by atoms with Crippen molar-refractivity contribution < 1.29 is 28.6 Å². The van der Waals surface area contributed by atoms with E-state index in [4.69, 9.17) is 9.72 Å². The van der Waals surface area contributed by atoms with E-state index in [1.165, 1.54) is 6.07 Å². The summed E-state index contributed by atoms with van der Waals surface area (Å²) in [5.41, 5.74) is 6.27. The summed E-state index contributed by atoms with van der Waals surface area (Å²) in [5.74, 6) is -0.880. The number of nitrogens with zero attached hydrogens (tertiary/aromatic N) is 7. The van der Waals surface area contributed by atoms with E-state index < -0.39 is 11.6 Å². The summed E-state index contributed by atoms with van der Waals surface area (Å²) in [6, 6.07) is 14.4. The number of amides is 3. The Kier molecular flexibility index (Phi) is 9.42. The fourth-order valence-electron chi connectivity index (χ4n) is 9.11. The lowest BCUT2D eigenvalue weighted by Crippen LogP contribution is -2.52. The zero-order valence-electron chi connectivity index (χ0n) is 32.1. The van der Waals surface area contributed by atoms with Gasteiger partial charge < -0.3 is 29.9 Å². The number of piperazine rings is 1. The van der Waals surface area contributed by atoms with Crippen molar-refractivity contribution in [3.63, 3.8) is 0 Å². The van der Waals surface area contributed by atoms with Crippen molar-refractivity contribution in [1.82, 2.24) is 30.3 Å². The molecule has 5 aliphatic rings. The predicted molar refractivity (Wildman–Crippen MR) is 211 cm³/mol. The van der Waals surface area contributed by atoms with Crippen LogP contribution in [0.1, 0.15) is 59.7 Å². The van der Waals surface area contributed by atoms with Crippen LogP contribution in [0.2, 0.25) is 0 Å². The summed E-state index contributed by atoms with van der Waals surface area (Å²) in [6.45, 7) is 10.5. The number of anilines is 3. The predicted octanol–water partition coefficient (Wildman–Crippen LogP) is 4.25. The Morgan fingerprint density at radius 3 is 2.67 bits per heavy atom. The molecule has 2 aromatic heterocycles. The number of halogens is 1. The first-order chi connectivity index (χ1) is 27.6. The van der Waals surface area contributed by atoms with Crippen molar-refractivity contribution in [3.8, 4) is 22.9 Å². The first-order valence-corrected chi connectivity index (χ1v) is 19.8. The van der Waals surface area contributed by atoms with Crippen molar-refractivity contribution in [2.75, 3.05) is 60.9 Å².